The molecule has 0 atom stereocenters. The number of alkyl halides is 3. The standard InChI is InChI=1S/C12H20F3N5OS/c1-10(2,3)20-9(22)19(16-17-20)8-18-6-4-11(21,5-7-18)12(13,14)15/h21H,4-8H2,1-3H3. The largest absolute Gasteiger partial charge is 0.417 e. The van der Waals surface area contributed by atoms with E-state index in [0.717, 1.165) is 0 Å². The molecular formula is C12H20F3N5OS. The maximum atomic E-state index is 12.8. The van der Waals surface area contributed by atoms with Crippen molar-refractivity contribution in [2.24, 2.45) is 0 Å². The van der Waals surface area contributed by atoms with Gasteiger partial charge >= 0.3 is 6.18 Å². The molecule has 1 aliphatic heterocycles. The van der Waals surface area contributed by atoms with Crippen molar-refractivity contribution in [2.45, 2.75) is 57.6 Å². The van der Waals surface area contributed by atoms with Crippen molar-refractivity contribution in [2.75, 3.05) is 13.1 Å². The predicted octanol–water partition coefficient (Wildman–Crippen LogP) is 1.91. The van der Waals surface area contributed by atoms with E-state index < -0.39 is 11.8 Å². The van der Waals surface area contributed by atoms with Crippen molar-refractivity contribution in [1.29, 1.82) is 0 Å². The summed E-state index contributed by atoms with van der Waals surface area (Å²) in [5.41, 5.74) is -2.90. The van der Waals surface area contributed by atoms with E-state index in [0.29, 0.717) is 4.77 Å². The first-order valence-electron chi connectivity index (χ1n) is 6.99. The van der Waals surface area contributed by atoms with Crippen molar-refractivity contribution < 1.29 is 18.3 Å². The molecule has 10 heteroatoms. The monoisotopic (exact) mass is 339 g/mol. The lowest BCUT2D eigenvalue weighted by atomic mass is 9.91. The van der Waals surface area contributed by atoms with E-state index in [1.807, 2.05) is 20.8 Å². The van der Waals surface area contributed by atoms with Gasteiger partial charge in [-0.25, -0.2) is 9.36 Å². The Morgan fingerprint density at radius 2 is 1.73 bits per heavy atom. The second kappa shape index (κ2) is 5.57. The molecule has 0 amide bonds. The van der Waals surface area contributed by atoms with Crippen LogP contribution < -0.4 is 0 Å². The minimum Gasteiger partial charge on any atom is -0.380 e. The van der Waals surface area contributed by atoms with Crippen LogP contribution in [0.2, 0.25) is 0 Å². The fourth-order valence-electron chi connectivity index (χ4n) is 2.32. The summed E-state index contributed by atoms with van der Waals surface area (Å²) in [5, 5.41) is 17.6. The number of aliphatic hydroxyl groups is 1. The summed E-state index contributed by atoms with van der Waals surface area (Å²) in [6.07, 6.45) is -5.29. The maximum Gasteiger partial charge on any atom is 0.417 e. The van der Waals surface area contributed by atoms with E-state index in [4.69, 9.17) is 12.2 Å². The molecule has 2 heterocycles. The fraction of sp³-hybridized carbons (Fsp3) is 0.917. The molecule has 1 N–H and O–H groups in total. The van der Waals surface area contributed by atoms with Gasteiger partial charge in [0, 0.05) is 13.1 Å². The number of tetrazole rings is 1. The van der Waals surface area contributed by atoms with Crippen LogP contribution in [0.4, 0.5) is 13.2 Å². The highest BCUT2D eigenvalue weighted by Crippen LogP contribution is 2.38. The molecule has 2 rings (SSSR count). The molecule has 1 aromatic heterocycles. The lowest BCUT2D eigenvalue weighted by Crippen LogP contribution is -2.53. The zero-order valence-electron chi connectivity index (χ0n) is 12.8. The molecule has 1 saturated heterocycles. The normalized spacial score (nSPS) is 20.3. The van der Waals surface area contributed by atoms with Gasteiger partial charge in [-0.3, -0.25) is 4.90 Å². The Kier molecular flexibility index (Phi) is 4.39. The van der Waals surface area contributed by atoms with Crippen molar-refractivity contribution in [3.63, 3.8) is 0 Å². The van der Waals surface area contributed by atoms with E-state index in [2.05, 4.69) is 10.4 Å². The Morgan fingerprint density at radius 3 is 2.14 bits per heavy atom. The number of hydrogen-bond donors (Lipinski definition) is 1. The molecule has 22 heavy (non-hydrogen) atoms. The van der Waals surface area contributed by atoms with Gasteiger partial charge in [-0.1, -0.05) is 0 Å². The molecule has 0 aromatic carbocycles. The van der Waals surface area contributed by atoms with E-state index >= 15 is 0 Å². The molecule has 0 spiro atoms. The van der Waals surface area contributed by atoms with Gasteiger partial charge in [-0.05, 0) is 56.3 Å². The zero-order chi connectivity index (χ0) is 16.8. The van der Waals surface area contributed by atoms with Crippen molar-refractivity contribution in [1.82, 2.24) is 24.7 Å². The summed E-state index contributed by atoms with van der Waals surface area (Å²) in [5.74, 6) is 0. The van der Waals surface area contributed by atoms with Gasteiger partial charge in [-0.15, -0.1) is 0 Å². The molecule has 1 fully saturated rings. The van der Waals surface area contributed by atoms with Gasteiger partial charge in [0.25, 0.3) is 0 Å². The third-order valence-corrected chi connectivity index (χ3v) is 4.20. The van der Waals surface area contributed by atoms with Crippen LogP contribution in [0, 0.1) is 4.77 Å². The minimum atomic E-state index is -4.59. The Labute approximate surface area is 131 Å². The Morgan fingerprint density at radius 1 is 1.18 bits per heavy atom. The summed E-state index contributed by atoms with van der Waals surface area (Å²) in [4.78, 5) is 1.78. The molecule has 0 bridgehead atoms. The first-order valence-corrected chi connectivity index (χ1v) is 7.40. The number of hydrogen-bond acceptors (Lipinski definition) is 5. The summed E-state index contributed by atoms with van der Waals surface area (Å²) in [6, 6.07) is 0. The van der Waals surface area contributed by atoms with E-state index in [1.54, 1.807) is 9.58 Å². The van der Waals surface area contributed by atoms with Crippen molar-refractivity contribution in [3.8, 4) is 0 Å². The van der Waals surface area contributed by atoms with Crippen LogP contribution in [-0.4, -0.2) is 54.7 Å². The highest BCUT2D eigenvalue weighted by Gasteiger charge is 2.54. The summed E-state index contributed by atoms with van der Waals surface area (Å²) >= 11 is 5.29. The molecule has 1 aliphatic rings. The van der Waals surface area contributed by atoms with E-state index in [9.17, 15) is 18.3 Å². The Hall–Kier alpha value is -1.00. The second-order valence-electron chi connectivity index (χ2n) is 6.63. The van der Waals surface area contributed by atoms with Crippen LogP contribution in [-0.2, 0) is 12.2 Å². The number of likely N-dealkylation sites (tertiary alicyclic amines) is 1. The summed E-state index contributed by atoms with van der Waals surface area (Å²) < 4.78 is 41.8. The SMILES string of the molecule is CC(C)(C)n1nnn(CN2CCC(O)(C(F)(F)F)CC2)c1=S. The van der Waals surface area contributed by atoms with Gasteiger partial charge in [-0.2, -0.15) is 13.2 Å². The molecule has 1 aromatic rings. The molecule has 126 valence electrons. The second-order valence-corrected chi connectivity index (χ2v) is 7.00. The van der Waals surface area contributed by atoms with Crippen LogP contribution in [0.25, 0.3) is 0 Å². The smallest absolute Gasteiger partial charge is 0.380 e. The van der Waals surface area contributed by atoms with Crippen LogP contribution in [0.5, 0.6) is 0 Å². The number of piperidine rings is 1. The van der Waals surface area contributed by atoms with Gasteiger partial charge in [0.05, 0.1) is 12.2 Å². The molecule has 0 radical (unpaired) electrons. The van der Waals surface area contributed by atoms with Gasteiger partial charge in [0.2, 0.25) is 4.77 Å². The first kappa shape index (κ1) is 17.4. The van der Waals surface area contributed by atoms with Gasteiger partial charge in [0.1, 0.15) is 0 Å². The molecule has 0 aliphatic carbocycles. The van der Waals surface area contributed by atoms with Crippen molar-refractivity contribution >= 4 is 12.2 Å². The third kappa shape index (κ3) is 3.33. The third-order valence-electron chi connectivity index (χ3n) is 3.82. The Bertz CT molecular complexity index is 581. The average molecular weight is 339 g/mol. The van der Waals surface area contributed by atoms with Crippen molar-refractivity contribution in [3.05, 3.63) is 4.77 Å². The minimum absolute atomic E-state index is 0.125. The Balaban J connectivity index is 2.04. The van der Waals surface area contributed by atoms with E-state index in [1.165, 1.54) is 4.68 Å². The van der Waals surface area contributed by atoms with Crippen LogP contribution in [0.3, 0.4) is 0 Å². The average Bonchev–Trinajstić information content (AvgIpc) is 2.72. The molecule has 0 unspecified atom stereocenters. The maximum absolute atomic E-state index is 12.8. The lowest BCUT2D eigenvalue weighted by molar-refractivity contribution is -0.273. The lowest BCUT2D eigenvalue weighted by Gasteiger charge is -2.38. The summed E-state index contributed by atoms with van der Waals surface area (Å²) in [7, 11) is 0. The first-order chi connectivity index (χ1) is 9.94. The zero-order valence-corrected chi connectivity index (χ0v) is 13.6. The number of rotatable bonds is 2. The van der Waals surface area contributed by atoms with Crippen LogP contribution >= 0.6 is 12.2 Å². The number of nitrogens with zero attached hydrogens (tertiary/aromatic N) is 5. The van der Waals surface area contributed by atoms with Crippen LogP contribution in [0.1, 0.15) is 33.6 Å². The molecular weight excluding hydrogens is 319 g/mol. The molecule has 0 saturated carbocycles. The quantitative estimate of drug-likeness (QED) is 0.834. The van der Waals surface area contributed by atoms with Crippen LogP contribution in [0.15, 0.2) is 0 Å². The topological polar surface area (TPSA) is 59.1 Å². The number of aromatic nitrogens is 4. The highest BCUT2D eigenvalue weighted by molar-refractivity contribution is 7.71. The highest BCUT2D eigenvalue weighted by atomic mass is 32.1. The predicted molar refractivity (Wildman–Crippen MR) is 75.7 cm³/mol. The van der Waals surface area contributed by atoms with Gasteiger partial charge in [0.15, 0.2) is 5.60 Å². The van der Waals surface area contributed by atoms with E-state index in [-0.39, 0.29) is 38.1 Å². The fourth-order valence-corrected chi connectivity index (χ4v) is 2.73. The summed E-state index contributed by atoms with van der Waals surface area (Å²) in [6.45, 7) is 6.33. The molecule has 6 nitrogen and oxygen atoms in total. The van der Waals surface area contributed by atoms with Gasteiger partial charge < -0.3 is 5.11 Å². The number of halogens is 3.